The Bertz CT molecular complexity index is 865. The smallest absolute Gasteiger partial charge is 0.338 e. The first-order chi connectivity index (χ1) is 12.6. The fourth-order valence-corrected chi connectivity index (χ4v) is 4.07. The van der Waals surface area contributed by atoms with E-state index >= 15 is 0 Å². The van der Waals surface area contributed by atoms with Crippen LogP contribution in [0.5, 0.6) is 0 Å². The molecule has 0 unspecified atom stereocenters. The van der Waals surface area contributed by atoms with Crippen LogP contribution in [0.25, 0.3) is 0 Å². The summed E-state index contributed by atoms with van der Waals surface area (Å²) in [7, 11) is -3.81. The van der Waals surface area contributed by atoms with Crippen molar-refractivity contribution in [3.05, 3.63) is 35.9 Å². The van der Waals surface area contributed by atoms with E-state index in [1.165, 1.54) is 0 Å². The number of hydrogen-bond donors (Lipinski definition) is 1. The Hall–Kier alpha value is -2.03. The van der Waals surface area contributed by atoms with E-state index in [0.29, 0.717) is 5.56 Å². The van der Waals surface area contributed by atoms with Gasteiger partial charge in [0.15, 0.2) is 17.6 Å². The van der Waals surface area contributed by atoms with Crippen molar-refractivity contribution < 1.29 is 32.2 Å². The summed E-state index contributed by atoms with van der Waals surface area (Å²) in [5, 5.41) is 9.82. The number of nitriles is 1. The second-order valence-corrected chi connectivity index (χ2v) is 8.62. The number of carbonyl (C=O) groups excluding carboxylic acids is 1. The van der Waals surface area contributed by atoms with Crippen molar-refractivity contribution in [2.75, 3.05) is 12.9 Å². The van der Waals surface area contributed by atoms with Gasteiger partial charge in [0.25, 0.3) is 0 Å². The van der Waals surface area contributed by atoms with Crippen LogP contribution >= 0.6 is 0 Å². The first-order valence-electron chi connectivity index (χ1n) is 8.20. The normalized spacial score (nSPS) is 31.9. The molecule has 0 saturated carbocycles. The molecule has 0 aliphatic carbocycles. The third-order valence-corrected chi connectivity index (χ3v) is 4.94. The summed E-state index contributed by atoms with van der Waals surface area (Å²) in [6.07, 6.45) is -2.19. The van der Waals surface area contributed by atoms with Gasteiger partial charge in [0.2, 0.25) is 10.0 Å². The van der Waals surface area contributed by atoms with Crippen LogP contribution in [0.1, 0.15) is 24.2 Å². The van der Waals surface area contributed by atoms with E-state index in [1.807, 2.05) is 6.07 Å². The zero-order chi connectivity index (χ0) is 19.9. The maximum absolute atomic E-state index is 12.2. The summed E-state index contributed by atoms with van der Waals surface area (Å²) in [6, 6.07) is 10.2. The molecule has 1 aromatic carbocycles. The van der Waals surface area contributed by atoms with E-state index in [9.17, 15) is 18.5 Å². The lowest BCUT2D eigenvalue weighted by Gasteiger charge is -2.32. The Morgan fingerprint density at radius 3 is 2.56 bits per heavy atom. The quantitative estimate of drug-likeness (QED) is 0.715. The number of fused-ring (bicyclic) bond motifs is 1. The summed E-state index contributed by atoms with van der Waals surface area (Å²) in [4.78, 5) is 12.2. The minimum atomic E-state index is -3.81. The lowest BCUT2D eigenvalue weighted by Crippen LogP contribution is -2.61. The zero-order valence-corrected chi connectivity index (χ0v) is 15.9. The Balaban J connectivity index is 1.83. The molecule has 2 aliphatic rings. The van der Waals surface area contributed by atoms with Crippen molar-refractivity contribution in [2.24, 2.45) is 0 Å². The number of nitrogens with one attached hydrogen (secondary N) is 1. The molecular weight excluding hydrogens is 376 g/mol. The molecule has 2 saturated heterocycles. The van der Waals surface area contributed by atoms with Crippen LogP contribution in [0.2, 0.25) is 0 Å². The number of ether oxygens (including phenoxy) is 4. The van der Waals surface area contributed by atoms with Crippen LogP contribution in [-0.4, -0.2) is 57.1 Å². The summed E-state index contributed by atoms with van der Waals surface area (Å²) in [5.41, 5.74) is -1.48. The van der Waals surface area contributed by atoms with Crippen molar-refractivity contribution in [1.29, 1.82) is 5.26 Å². The molecular formula is C17H20N2O7S. The Labute approximate surface area is 157 Å². The van der Waals surface area contributed by atoms with Crippen LogP contribution in [0.4, 0.5) is 0 Å². The highest BCUT2D eigenvalue weighted by Crippen LogP contribution is 2.43. The number of rotatable bonds is 5. The molecule has 1 N–H and O–H groups in total. The largest absolute Gasteiger partial charge is 0.459 e. The average molecular weight is 396 g/mol. The van der Waals surface area contributed by atoms with Crippen molar-refractivity contribution >= 4 is 16.0 Å². The maximum atomic E-state index is 12.2. The van der Waals surface area contributed by atoms with Crippen LogP contribution in [0.15, 0.2) is 30.3 Å². The van der Waals surface area contributed by atoms with Gasteiger partial charge in [0, 0.05) is 0 Å². The van der Waals surface area contributed by atoms with Crippen LogP contribution < -0.4 is 4.72 Å². The van der Waals surface area contributed by atoms with Gasteiger partial charge < -0.3 is 18.9 Å². The van der Waals surface area contributed by atoms with Gasteiger partial charge in [-0.15, -0.1) is 0 Å². The number of nitrogens with zero attached hydrogens (tertiary/aromatic N) is 1. The second-order valence-electron chi connectivity index (χ2n) is 6.87. The Kier molecular flexibility index (Phi) is 5.00. The van der Waals surface area contributed by atoms with E-state index in [1.54, 1.807) is 44.2 Å². The highest BCUT2D eigenvalue weighted by molar-refractivity contribution is 7.88. The van der Waals surface area contributed by atoms with Crippen molar-refractivity contribution in [3.8, 4) is 6.07 Å². The molecule has 1 aromatic rings. The Morgan fingerprint density at radius 2 is 1.96 bits per heavy atom. The summed E-state index contributed by atoms with van der Waals surface area (Å²) < 4.78 is 48.3. The molecule has 0 amide bonds. The molecule has 10 heteroatoms. The lowest BCUT2D eigenvalue weighted by molar-refractivity contribution is -0.213. The minimum absolute atomic E-state index is 0.322. The molecule has 2 fully saturated rings. The van der Waals surface area contributed by atoms with Crippen molar-refractivity contribution in [2.45, 2.75) is 43.7 Å². The second kappa shape index (κ2) is 6.85. The summed E-state index contributed by atoms with van der Waals surface area (Å²) in [6.45, 7) is 2.90. The van der Waals surface area contributed by atoms with Gasteiger partial charge in [-0.3, -0.25) is 0 Å². The van der Waals surface area contributed by atoms with E-state index < -0.39 is 45.8 Å². The molecule has 0 bridgehead atoms. The van der Waals surface area contributed by atoms with Gasteiger partial charge in [-0.25, -0.2) is 13.2 Å². The van der Waals surface area contributed by atoms with Gasteiger partial charge in [0.05, 0.1) is 17.9 Å². The molecule has 0 aromatic heterocycles. The van der Waals surface area contributed by atoms with Gasteiger partial charge in [-0.1, -0.05) is 18.2 Å². The van der Waals surface area contributed by atoms with Crippen LogP contribution in [0, 0.1) is 11.3 Å². The number of carbonyl (C=O) groups is 1. The number of sulfonamides is 1. The summed E-state index contributed by atoms with van der Waals surface area (Å²) in [5.74, 6) is -1.67. The molecule has 2 heterocycles. The first-order valence-corrected chi connectivity index (χ1v) is 10.1. The van der Waals surface area contributed by atoms with Gasteiger partial charge in [0.1, 0.15) is 18.8 Å². The zero-order valence-electron chi connectivity index (χ0n) is 15.0. The predicted octanol–water partition coefficient (Wildman–Crippen LogP) is 0.531. The fraction of sp³-hybridized carbons (Fsp3) is 0.529. The van der Waals surface area contributed by atoms with E-state index in [2.05, 4.69) is 4.72 Å². The minimum Gasteiger partial charge on any atom is -0.459 e. The SMILES string of the molecule is CC1(C)O[C@H]2O[C@H](COC(=O)c3ccccc3)[C@@](C#N)(NS(C)(=O)=O)[C@H]2O1. The molecule has 3 rings (SSSR count). The number of hydrogen-bond acceptors (Lipinski definition) is 8. The van der Waals surface area contributed by atoms with Gasteiger partial charge in [-0.2, -0.15) is 9.98 Å². The van der Waals surface area contributed by atoms with Crippen LogP contribution in [0.3, 0.4) is 0 Å². The van der Waals surface area contributed by atoms with Crippen molar-refractivity contribution in [1.82, 2.24) is 4.72 Å². The van der Waals surface area contributed by atoms with Gasteiger partial charge in [-0.05, 0) is 26.0 Å². The topological polar surface area (TPSA) is 124 Å². The summed E-state index contributed by atoms with van der Waals surface area (Å²) >= 11 is 0. The number of benzene rings is 1. The molecule has 0 radical (unpaired) electrons. The molecule has 27 heavy (non-hydrogen) atoms. The lowest BCUT2D eigenvalue weighted by atomic mass is 9.91. The third kappa shape index (κ3) is 3.97. The standard InChI is InChI=1S/C17H20N2O7S/c1-16(2)25-13-15(26-16)24-12(17(13,10-18)19-27(3,21)22)9-23-14(20)11-7-5-4-6-8-11/h4-8,12-13,15,19H,9H2,1-3H3/t12-,13+,15-,17-/m1/s1. The molecule has 146 valence electrons. The third-order valence-electron chi connectivity index (χ3n) is 4.23. The van der Waals surface area contributed by atoms with Gasteiger partial charge >= 0.3 is 5.97 Å². The highest BCUT2D eigenvalue weighted by atomic mass is 32.2. The maximum Gasteiger partial charge on any atom is 0.338 e. The highest BCUT2D eigenvalue weighted by Gasteiger charge is 2.65. The van der Waals surface area contributed by atoms with E-state index in [4.69, 9.17) is 18.9 Å². The fourth-order valence-electron chi connectivity index (χ4n) is 3.16. The molecule has 0 spiro atoms. The Morgan fingerprint density at radius 1 is 1.30 bits per heavy atom. The molecule has 4 atom stereocenters. The van der Waals surface area contributed by atoms with Crippen LogP contribution in [-0.2, 0) is 29.0 Å². The molecule has 2 aliphatic heterocycles. The number of esters is 1. The van der Waals surface area contributed by atoms with E-state index in [-0.39, 0.29) is 6.61 Å². The monoisotopic (exact) mass is 396 g/mol. The molecule has 9 nitrogen and oxygen atoms in total. The average Bonchev–Trinajstić information content (AvgIpc) is 3.03. The van der Waals surface area contributed by atoms with E-state index in [0.717, 1.165) is 6.26 Å². The van der Waals surface area contributed by atoms with Crippen molar-refractivity contribution in [3.63, 3.8) is 0 Å². The predicted molar refractivity (Wildman–Crippen MR) is 91.7 cm³/mol. The first kappa shape index (κ1) is 19.7.